The molecule has 0 aliphatic carbocycles. The molecule has 0 fully saturated rings. The van der Waals surface area contributed by atoms with E-state index in [9.17, 15) is 0 Å². The Hall–Kier alpha value is 0.180. The van der Waals surface area contributed by atoms with Crippen LogP contribution in [0.2, 0.25) is 0 Å². The van der Waals surface area contributed by atoms with Gasteiger partial charge in [0.15, 0.2) is 0 Å². The Kier molecular flexibility index (Phi) is 6.18. The average Bonchev–Trinajstić information content (AvgIpc) is 2.22. The Labute approximate surface area is 138 Å². The third-order valence-electron chi connectivity index (χ3n) is 3.97. The summed E-state index contributed by atoms with van der Waals surface area (Å²) in [5, 5.41) is 0. The molecule has 0 unspecified atom stereocenters. The molecule has 0 spiro atoms. The van der Waals surface area contributed by atoms with Crippen LogP contribution < -0.4 is 0 Å². The fourth-order valence-corrected chi connectivity index (χ4v) is 3.09. The third-order valence-corrected chi connectivity index (χ3v) is 6.30. The Morgan fingerprint density at radius 2 is 0.750 bits per heavy atom. The van der Waals surface area contributed by atoms with E-state index >= 15 is 0 Å². The van der Waals surface area contributed by atoms with Gasteiger partial charge in [0, 0.05) is 9.73 Å². The molecule has 20 heavy (non-hydrogen) atoms. The van der Waals surface area contributed by atoms with Crippen molar-refractivity contribution in [2.24, 2.45) is 21.7 Å². The van der Waals surface area contributed by atoms with E-state index in [1.54, 1.807) is 0 Å². The van der Waals surface area contributed by atoms with Crippen molar-refractivity contribution in [1.29, 1.82) is 0 Å². The maximum Gasteiger partial charge on any atom is 0.00382 e. The predicted octanol–water partition coefficient (Wildman–Crippen LogP) is 6.65. The van der Waals surface area contributed by atoms with Gasteiger partial charge < -0.3 is 0 Å². The highest BCUT2D eigenvalue weighted by Gasteiger charge is 2.36. The minimum Gasteiger partial charge on any atom is -0.0885 e. The van der Waals surface area contributed by atoms with Gasteiger partial charge in [0.05, 0.1) is 0 Å². The Morgan fingerprint density at radius 3 is 0.900 bits per heavy atom. The molecule has 0 saturated carbocycles. The van der Waals surface area contributed by atoms with Crippen molar-refractivity contribution >= 4 is 34.2 Å². The van der Waals surface area contributed by atoms with Crippen molar-refractivity contribution in [3.63, 3.8) is 0 Å². The summed E-state index contributed by atoms with van der Waals surface area (Å²) in [6.45, 7) is 22.4. The van der Waals surface area contributed by atoms with E-state index in [1.165, 1.54) is 9.73 Å². The minimum atomic E-state index is 0.0817. The van der Waals surface area contributed by atoms with Gasteiger partial charge in [-0.05, 0) is 34.5 Å². The van der Waals surface area contributed by atoms with Crippen LogP contribution in [0.3, 0.4) is 0 Å². The third kappa shape index (κ3) is 5.52. The quantitative estimate of drug-likeness (QED) is 0.521. The highest BCUT2D eigenvalue weighted by Crippen LogP contribution is 2.40. The number of hydrogen-bond donors (Lipinski definition) is 0. The summed E-state index contributed by atoms with van der Waals surface area (Å²) >= 11 is 11.4. The molecule has 0 aliphatic heterocycles. The van der Waals surface area contributed by atoms with Crippen LogP contribution in [-0.4, -0.2) is 9.73 Å². The fourth-order valence-electron chi connectivity index (χ4n) is 2.88. The van der Waals surface area contributed by atoms with E-state index in [4.69, 9.17) is 24.4 Å². The van der Waals surface area contributed by atoms with E-state index in [2.05, 4.69) is 69.2 Å². The highest BCUT2D eigenvalue weighted by molar-refractivity contribution is 7.80. The predicted molar refractivity (Wildman–Crippen MR) is 101 cm³/mol. The fraction of sp³-hybridized carbons (Fsp3) is 0.889. The molecule has 0 heterocycles. The summed E-state index contributed by atoms with van der Waals surface area (Å²) in [5.74, 6) is 0. The topological polar surface area (TPSA) is 0 Å². The molecule has 0 saturated heterocycles. The van der Waals surface area contributed by atoms with Gasteiger partial charge in [0.1, 0.15) is 0 Å². The van der Waals surface area contributed by atoms with Crippen molar-refractivity contribution in [3.8, 4) is 0 Å². The van der Waals surface area contributed by atoms with Gasteiger partial charge in [0.2, 0.25) is 0 Å². The molecule has 0 bridgehead atoms. The summed E-state index contributed by atoms with van der Waals surface area (Å²) in [6, 6.07) is 0. The van der Waals surface area contributed by atoms with Crippen LogP contribution in [-0.2, 0) is 0 Å². The van der Waals surface area contributed by atoms with Crippen molar-refractivity contribution in [2.75, 3.05) is 0 Å². The first-order chi connectivity index (χ1) is 8.52. The summed E-state index contributed by atoms with van der Waals surface area (Å²) < 4.78 is 0. The molecule has 0 radical (unpaired) electrons. The molecule has 0 aliphatic rings. The van der Waals surface area contributed by atoms with Crippen LogP contribution in [0.1, 0.15) is 82.1 Å². The monoisotopic (exact) mass is 314 g/mol. The molecule has 0 N–H and O–H groups in total. The van der Waals surface area contributed by atoms with Gasteiger partial charge >= 0.3 is 0 Å². The largest absolute Gasteiger partial charge is 0.0885 e. The molecule has 0 atom stereocenters. The zero-order valence-corrected chi connectivity index (χ0v) is 16.9. The van der Waals surface area contributed by atoms with Crippen molar-refractivity contribution in [3.05, 3.63) is 0 Å². The van der Waals surface area contributed by atoms with Crippen molar-refractivity contribution in [1.82, 2.24) is 0 Å². The lowest BCUT2D eigenvalue weighted by atomic mass is 9.68. The summed E-state index contributed by atoms with van der Waals surface area (Å²) in [7, 11) is 0. The van der Waals surface area contributed by atoms with E-state index in [-0.39, 0.29) is 21.7 Å². The SMILES string of the molecule is CC(C)(C)C(=S)C(C)(C)CCC(C)(C)C(=S)C(C)(C)C. The molecule has 0 aromatic carbocycles. The van der Waals surface area contributed by atoms with Gasteiger partial charge in [-0.1, -0.05) is 93.7 Å². The highest BCUT2D eigenvalue weighted by atomic mass is 32.1. The zero-order chi connectivity index (χ0) is 16.6. The first-order valence-corrected chi connectivity index (χ1v) is 8.43. The smallest absolute Gasteiger partial charge is 0.00382 e. The Morgan fingerprint density at radius 1 is 0.550 bits per heavy atom. The molecular formula is C18H34S2. The molecular weight excluding hydrogens is 280 g/mol. The average molecular weight is 315 g/mol. The molecule has 0 aromatic rings. The van der Waals surface area contributed by atoms with Crippen molar-refractivity contribution in [2.45, 2.75) is 82.1 Å². The normalized spacial score (nSPS) is 14.3. The lowest BCUT2D eigenvalue weighted by Crippen LogP contribution is -2.37. The van der Waals surface area contributed by atoms with E-state index in [0.717, 1.165) is 12.8 Å². The second kappa shape index (κ2) is 6.12. The van der Waals surface area contributed by atoms with Crippen LogP contribution >= 0.6 is 24.4 Å². The Bertz CT molecular complexity index is 335. The van der Waals surface area contributed by atoms with Crippen LogP contribution in [0.15, 0.2) is 0 Å². The van der Waals surface area contributed by atoms with E-state index in [1.807, 2.05) is 0 Å². The standard InChI is InChI=1S/C18H34S2/c1-15(2,3)13(19)17(7,8)11-12-18(9,10)14(20)16(4,5)6/h11-12H2,1-10H3. The van der Waals surface area contributed by atoms with Gasteiger partial charge in [-0.3, -0.25) is 0 Å². The second-order valence-corrected chi connectivity index (χ2v) is 10.2. The van der Waals surface area contributed by atoms with Gasteiger partial charge in [-0.2, -0.15) is 0 Å². The summed E-state index contributed by atoms with van der Waals surface area (Å²) in [5.41, 5.74) is 0.345. The Balaban J connectivity index is 4.94. The number of thiocarbonyl (C=S) groups is 2. The van der Waals surface area contributed by atoms with Gasteiger partial charge in [0.25, 0.3) is 0 Å². The van der Waals surface area contributed by atoms with Gasteiger partial charge in [-0.25, -0.2) is 0 Å². The lowest BCUT2D eigenvalue weighted by molar-refractivity contribution is 0.339. The molecule has 0 rings (SSSR count). The first-order valence-electron chi connectivity index (χ1n) is 7.62. The van der Waals surface area contributed by atoms with Crippen LogP contribution in [0.5, 0.6) is 0 Å². The molecule has 0 nitrogen and oxygen atoms in total. The molecule has 0 aromatic heterocycles. The van der Waals surface area contributed by atoms with E-state index in [0.29, 0.717) is 0 Å². The number of hydrogen-bond acceptors (Lipinski definition) is 2. The maximum absolute atomic E-state index is 5.72. The maximum atomic E-state index is 5.72. The van der Waals surface area contributed by atoms with Crippen LogP contribution in [0, 0.1) is 21.7 Å². The lowest BCUT2D eigenvalue weighted by Gasteiger charge is -2.39. The molecule has 2 heteroatoms. The summed E-state index contributed by atoms with van der Waals surface area (Å²) in [6.07, 6.45) is 2.18. The van der Waals surface area contributed by atoms with Gasteiger partial charge in [-0.15, -0.1) is 0 Å². The number of rotatable bonds is 5. The van der Waals surface area contributed by atoms with Crippen LogP contribution in [0.4, 0.5) is 0 Å². The zero-order valence-electron chi connectivity index (χ0n) is 15.2. The van der Waals surface area contributed by atoms with Crippen molar-refractivity contribution < 1.29 is 0 Å². The minimum absolute atomic E-state index is 0.0817. The molecule has 0 amide bonds. The molecule has 118 valence electrons. The first kappa shape index (κ1) is 20.2. The summed E-state index contributed by atoms with van der Waals surface area (Å²) in [4.78, 5) is 2.34. The van der Waals surface area contributed by atoms with E-state index < -0.39 is 0 Å². The second-order valence-electron chi connectivity index (χ2n) is 9.43. The van der Waals surface area contributed by atoms with Crippen LogP contribution in [0.25, 0.3) is 0 Å².